The van der Waals surface area contributed by atoms with E-state index >= 15 is 0 Å². The molecule has 0 spiro atoms. The zero-order valence-corrected chi connectivity index (χ0v) is 15.9. The van der Waals surface area contributed by atoms with Crippen LogP contribution in [0.4, 0.5) is 11.4 Å². The predicted molar refractivity (Wildman–Crippen MR) is 104 cm³/mol. The summed E-state index contributed by atoms with van der Waals surface area (Å²) >= 11 is 11.8. The Labute approximate surface area is 161 Å². The van der Waals surface area contributed by atoms with E-state index in [1.54, 1.807) is 35.2 Å². The molecule has 0 bridgehead atoms. The van der Waals surface area contributed by atoms with Crippen molar-refractivity contribution in [3.63, 3.8) is 0 Å². The molecule has 1 aliphatic heterocycles. The Hall–Kier alpha value is -2.24. The van der Waals surface area contributed by atoms with Crippen LogP contribution in [0.2, 0.25) is 10.0 Å². The predicted octanol–water partition coefficient (Wildman–Crippen LogP) is 4.63. The van der Waals surface area contributed by atoms with Crippen LogP contribution in [0.15, 0.2) is 36.4 Å². The van der Waals surface area contributed by atoms with Crippen molar-refractivity contribution in [2.45, 2.75) is 13.8 Å². The molecule has 26 heavy (non-hydrogen) atoms. The molecule has 2 aromatic carbocycles. The average molecular weight is 393 g/mol. The summed E-state index contributed by atoms with van der Waals surface area (Å²) in [7, 11) is 0. The summed E-state index contributed by atoms with van der Waals surface area (Å²) in [5.41, 5.74) is 1.68. The minimum atomic E-state index is -0.311. The van der Waals surface area contributed by atoms with E-state index in [0.717, 1.165) is 0 Å². The number of ether oxygens (including phenoxy) is 1. The highest BCUT2D eigenvalue weighted by molar-refractivity contribution is 6.42. The van der Waals surface area contributed by atoms with Gasteiger partial charge in [-0.25, -0.2) is 0 Å². The number of fused-ring (bicyclic) bond motifs is 1. The van der Waals surface area contributed by atoms with Gasteiger partial charge in [-0.05, 0) is 36.2 Å². The lowest BCUT2D eigenvalue weighted by molar-refractivity contribution is -0.121. The fourth-order valence-corrected chi connectivity index (χ4v) is 2.99. The molecule has 0 saturated carbocycles. The summed E-state index contributed by atoms with van der Waals surface area (Å²) in [4.78, 5) is 26.2. The third kappa shape index (κ3) is 3.94. The molecule has 0 unspecified atom stereocenters. The number of hydrogen-bond acceptors (Lipinski definition) is 3. The topological polar surface area (TPSA) is 58.6 Å². The first kappa shape index (κ1) is 18.5. The van der Waals surface area contributed by atoms with Crippen LogP contribution in [-0.4, -0.2) is 25.0 Å². The maximum atomic E-state index is 12.4. The second-order valence-electron chi connectivity index (χ2n) is 6.45. The van der Waals surface area contributed by atoms with Crippen molar-refractivity contribution in [1.82, 2.24) is 0 Å². The molecule has 2 amide bonds. The Morgan fingerprint density at radius 3 is 2.65 bits per heavy atom. The van der Waals surface area contributed by atoms with Crippen LogP contribution < -0.4 is 15.0 Å². The van der Waals surface area contributed by atoms with E-state index < -0.39 is 0 Å². The van der Waals surface area contributed by atoms with Crippen molar-refractivity contribution in [2.75, 3.05) is 23.4 Å². The third-order valence-electron chi connectivity index (χ3n) is 3.89. The van der Waals surface area contributed by atoms with Crippen LogP contribution in [0, 0.1) is 5.92 Å². The molecule has 0 aromatic heterocycles. The van der Waals surface area contributed by atoms with Crippen LogP contribution >= 0.6 is 23.2 Å². The molecule has 0 aliphatic carbocycles. The largest absolute Gasteiger partial charge is 0.481 e. The minimum absolute atomic E-state index is 0.0100. The van der Waals surface area contributed by atoms with Gasteiger partial charge in [0.25, 0.3) is 11.8 Å². The second kappa shape index (κ2) is 7.56. The number of halogens is 2. The average Bonchev–Trinajstić information content (AvgIpc) is 2.59. The Balaban J connectivity index is 1.81. The summed E-state index contributed by atoms with van der Waals surface area (Å²) in [6.45, 7) is 4.70. The molecular formula is C19H18Cl2N2O3. The molecule has 7 heteroatoms. The van der Waals surface area contributed by atoms with E-state index in [1.807, 2.05) is 13.8 Å². The second-order valence-corrected chi connectivity index (χ2v) is 7.27. The number of benzene rings is 2. The van der Waals surface area contributed by atoms with E-state index in [0.29, 0.717) is 45.2 Å². The normalized spacial score (nSPS) is 13.4. The van der Waals surface area contributed by atoms with Crippen molar-refractivity contribution in [3.05, 3.63) is 52.0 Å². The van der Waals surface area contributed by atoms with Crippen LogP contribution in [-0.2, 0) is 4.79 Å². The molecular weight excluding hydrogens is 375 g/mol. The highest BCUT2D eigenvalue weighted by Crippen LogP contribution is 2.35. The molecule has 5 nitrogen and oxygen atoms in total. The summed E-state index contributed by atoms with van der Waals surface area (Å²) in [5, 5.41) is 3.50. The van der Waals surface area contributed by atoms with Gasteiger partial charge in [0, 0.05) is 23.9 Å². The van der Waals surface area contributed by atoms with Crippen molar-refractivity contribution >= 4 is 46.4 Å². The Kier molecular flexibility index (Phi) is 5.39. The molecule has 0 saturated heterocycles. The van der Waals surface area contributed by atoms with Gasteiger partial charge in [0.1, 0.15) is 5.75 Å². The van der Waals surface area contributed by atoms with Gasteiger partial charge in [0.2, 0.25) is 0 Å². The zero-order valence-electron chi connectivity index (χ0n) is 14.4. The first-order valence-corrected chi connectivity index (χ1v) is 8.94. The monoisotopic (exact) mass is 392 g/mol. The maximum absolute atomic E-state index is 12.4. The number of carbonyl (C=O) groups is 2. The molecule has 2 aromatic rings. The standard InChI is InChI=1S/C19H18Cl2N2O3/c1-11(2)9-23-16-6-4-13(8-17(16)26-10-18(23)24)22-19(25)12-3-5-14(20)15(21)7-12/h3-8,11H,9-10H2,1-2H3,(H,22,25). The lowest BCUT2D eigenvalue weighted by atomic mass is 10.1. The zero-order chi connectivity index (χ0) is 18.8. The number of nitrogens with zero attached hydrogens (tertiary/aromatic N) is 1. The Bertz CT molecular complexity index is 868. The highest BCUT2D eigenvalue weighted by Gasteiger charge is 2.26. The van der Waals surface area contributed by atoms with Crippen LogP contribution in [0.25, 0.3) is 0 Å². The number of amides is 2. The first-order chi connectivity index (χ1) is 12.3. The molecule has 136 valence electrons. The summed E-state index contributed by atoms with van der Waals surface area (Å²) < 4.78 is 5.53. The molecule has 1 heterocycles. The number of hydrogen-bond donors (Lipinski definition) is 1. The number of rotatable bonds is 4. The van der Waals surface area contributed by atoms with Gasteiger partial charge in [-0.3, -0.25) is 9.59 Å². The Morgan fingerprint density at radius 1 is 1.19 bits per heavy atom. The molecule has 0 atom stereocenters. The number of nitrogens with one attached hydrogen (secondary N) is 1. The molecule has 0 fully saturated rings. The molecule has 0 radical (unpaired) electrons. The van der Waals surface area contributed by atoms with Gasteiger partial charge in [-0.15, -0.1) is 0 Å². The van der Waals surface area contributed by atoms with Gasteiger partial charge in [-0.1, -0.05) is 37.0 Å². The number of carbonyl (C=O) groups excluding carboxylic acids is 2. The van der Waals surface area contributed by atoms with E-state index in [9.17, 15) is 9.59 Å². The minimum Gasteiger partial charge on any atom is -0.481 e. The van der Waals surface area contributed by atoms with Crippen LogP contribution in [0.3, 0.4) is 0 Å². The van der Waals surface area contributed by atoms with Gasteiger partial charge >= 0.3 is 0 Å². The Morgan fingerprint density at radius 2 is 1.96 bits per heavy atom. The SMILES string of the molecule is CC(C)CN1C(=O)COc2cc(NC(=O)c3ccc(Cl)c(Cl)c3)ccc21. The smallest absolute Gasteiger partial charge is 0.265 e. The van der Waals surface area contributed by atoms with E-state index in [-0.39, 0.29) is 18.4 Å². The van der Waals surface area contributed by atoms with Gasteiger partial charge < -0.3 is 15.0 Å². The number of anilines is 2. The van der Waals surface area contributed by atoms with Gasteiger partial charge in [-0.2, -0.15) is 0 Å². The maximum Gasteiger partial charge on any atom is 0.265 e. The highest BCUT2D eigenvalue weighted by atomic mass is 35.5. The van der Waals surface area contributed by atoms with Crippen molar-refractivity contribution in [3.8, 4) is 5.75 Å². The van der Waals surface area contributed by atoms with Gasteiger partial charge in [0.05, 0.1) is 15.7 Å². The van der Waals surface area contributed by atoms with Crippen molar-refractivity contribution in [1.29, 1.82) is 0 Å². The van der Waals surface area contributed by atoms with Crippen LogP contribution in [0.1, 0.15) is 24.2 Å². The van der Waals surface area contributed by atoms with Gasteiger partial charge in [0.15, 0.2) is 6.61 Å². The summed E-state index contributed by atoms with van der Waals surface area (Å²) in [6, 6.07) is 9.91. The third-order valence-corrected chi connectivity index (χ3v) is 4.63. The molecule has 1 N–H and O–H groups in total. The quantitative estimate of drug-likeness (QED) is 0.824. The lowest BCUT2D eigenvalue weighted by Gasteiger charge is -2.31. The molecule has 1 aliphatic rings. The van der Waals surface area contributed by atoms with Crippen molar-refractivity contribution < 1.29 is 14.3 Å². The van der Waals surface area contributed by atoms with Crippen LogP contribution in [0.5, 0.6) is 5.75 Å². The fourth-order valence-electron chi connectivity index (χ4n) is 2.69. The fraction of sp³-hybridized carbons (Fsp3) is 0.263. The van der Waals surface area contributed by atoms with Crippen molar-refractivity contribution in [2.24, 2.45) is 5.92 Å². The van der Waals surface area contributed by atoms with E-state index in [1.165, 1.54) is 6.07 Å². The lowest BCUT2D eigenvalue weighted by Crippen LogP contribution is -2.40. The van der Waals surface area contributed by atoms with E-state index in [2.05, 4.69) is 5.32 Å². The molecule has 3 rings (SSSR count). The summed E-state index contributed by atoms with van der Waals surface area (Å²) in [5.74, 6) is 0.518. The first-order valence-electron chi connectivity index (χ1n) is 8.19. The van der Waals surface area contributed by atoms with E-state index in [4.69, 9.17) is 27.9 Å². The summed E-state index contributed by atoms with van der Waals surface area (Å²) in [6.07, 6.45) is 0.